The zero-order valence-corrected chi connectivity index (χ0v) is 16.8. The lowest BCUT2D eigenvalue weighted by molar-refractivity contribution is -0.387. The summed E-state index contributed by atoms with van der Waals surface area (Å²) in [5.41, 5.74) is 0.285. The van der Waals surface area contributed by atoms with E-state index in [1.54, 1.807) is 6.07 Å². The fourth-order valence-electron chi connectivity index (χ4n) is 3.03. The number of nitro groups is 1. The standard InChI is InChI=1S/C16H21N5O4S2/c1-3-15-17-16(26-18-15)20-8-4-7-19(9-10-20)12-5-6-13(21(22)23)14(11-12)27(2,24)25/h5-6,11H,3-4,7-10H2,1-2H3. The molecule has 146 valence electrons. The monoisotopic (exact) mass is 411 g/mol. The van der Waals surface area contributed by atoms with Crippen molar-refractivity contribution in [2.24, 2.45) is 0 Å². The second-order valence-corrected chi connectivity index (χ2v) is 9.07. The molecule has 3 rings (SSSR count). The van der Waals surface area contributed by atoms with E-state index < -0.39 is 20.4 Å². The molecule has 0 unspecified atom stereocenters. The average molecular weight is 412 g/mol. The van der Waals surface area contributed by atoms with Crippen LogP contribution in [0.15, 0.2) is 23.1 Å². The molecule has 1 fully saturated rings. The first-order chi connectivity index (χ1) is 12.8. The SMILES string of the molecule is CCc1nsc(N2CCCN(c3ccc([N+](=O)[O-])c(S(C)(=O)=O)c3)CC2)n1. The molecule has 9 nitrogen and oxygen atoms in total. The summed E-state index contributed by atoms with van der Waals surface area (Å²) < 4.78 is 28.3. The lowest BCUT2D eigenvalue weighted by Crippen LogP contribution is -2.30. The van der Waals surface area contributed by atoms with Gasteiger partial charge >= 0.3 is 0 Å². The van der Waals surface area contributed by atoms with Crippen molar-refractivity contribution < 1.29 is 13.3 Å². The van der Waals surface area contributed by atoms with Gasteiger partial charge in [-0.05, 0) is 18.6 Å². The number of anilines is 2. The molecule has 0 atom stereocenters. The highest BCUT2D eigenvalue weighted by Gasteiger charge is 2.25. The van der Waals surface area contributed by atoms with Crippen molar-refractivity contribution in [2.45, 2.75) is 24.7 Å². The number of hydrogen-bond donors (Lipinski definition) is 0. The molecule has 11 heteroatoms. The van der Waals surface area contributed by atoms with Gasteiger partial charge in [-0.1, -0.05) is 6.92 Å². The molecule has 0 radical (unpaired) electrons. The van der Waals surface area contributed by atoms with E-state index in [9.17, 15) is 18.5 Å². The van der Waals surface area contributed by atoms with Crippen LogP contribution in [-0.4, -0.2) is 55.1 Å². The molecule has 0 saturated carbocycles. The van der Waals surface area contributed by atoms with Crippen LogP contribution in [0.5, 0.6) is 0 Å². The molecule has 0 spiro atoms. The number of benzene rings is 1. The third-order valence-corrected chi connectivity index (χ3v) is 6.39. The predicted molar refractivity (Wildman–Crippen MR) is 105 cm³/mol. The molecule has 2 aromatic rings. The number of hydrogen-bond acceptors (Lipinski definition) is 9. The first kappa shape index (κ1) is 19.5. The molecule has 0 amide bonds. The second-order valence-electron chi connectivity index (χ2n) is 6.36. The molecule has 1 aliphatic heterocycles. The van der Waals surface area contributed by atoms with Gasteiger partial charge in [0.1, 0.15) is 10.7 Å². The van der Waals surface area contributed by atoms with Gasteiger partial charge in [0.15, 0.2) is 9.84 Å². The van der Waals surface area contributed by atoms with Crippen molar-refractivity contribution in [2.75, 3.05) is 42.2 Å². The maximum absolute atomic E-state index is 12.0. The number of aryl methyl sites for hydroxylation is 1. The van der Waals surface area contributed by atoms with Crippen molar-refractivity contribution in [3.63, 3.8) is 0 Å². The molecular weight excluding hydrogens is 390 g/mol. The van der Waals surface area contributed by atoms with Crippen LogP contribution in [0, 0.1) is 10.1 Å². The zero-order chi connectivity index (χ0) is 19.6. The molecule has 0 N–H and O–H groups in total. The van der Waals surface area contributed by atoms with E-state index >= 15 is 0 Å². The molecule has 0 aliphatic carbocycles. The number of aromatic nitrogens is 2. The lowest BCUT2D eigenvalue weighted by Gasteiger charge is -2.23. The minimum absolute atomic E-state index is 0.247. The van der Waals surface area contributed by atoms with Gasteiger partial charge in [0.25, 0.3) is 5.69 Å². The van der Waals surface area contributed by atoms with Crippen molar-refractivity contribution in [1.29, 1.82) is 0 Å². The fourth-order valence-corrected chi connectivity index (χ4v) is 4.69. The van der Waals surface area contributed by atoms with E-state index in [4.69, 9.17) is 0 Å². The Kier molecular flexibility index (Phi) is 5.61. The van der Waals surface area contributed by atoms with Crippen molar-refractivity contribution in [3.8, 4) is 0 Å². The summed E-state index contributed by atoms with van der Waals surface area (Å²) in [4.78, 5) is 19.0. The Labute approximate surface area is 161 Å². The highest BCUT2D eigenvalue weighted by Crippen LogP contribution is 2.30. The van der Waals surface area contributed by atoms with Gasteiger partial charge in [-0.3, -0.25) is 10.1 Å². The van der Waals surface area contributed by atoms with Gasteiger partial charge in [-0.2, -0.15) is 4.37 Å². The third-order valence-electron chi connectivity index (χ3n) is 4.44. The number of sulfone groups is 1. The van der Waals surface area contributed by atoms with E-state index in [0.717, 1.165) is 49.7 Å². The topological polar surface area (TPSA) is 110 Å². The summed E-state index contributed by atoms with van der Waals surface area (Å²) in [5, 5.41) is 12.0. The van der Waals surface area contributed by atoms with E-state index in [0.29, 0.717) is 12.2 Å². The molecule has 1 aliphatic rings. The third kappa shape index (κ3) is 4.35. The van der Waals surface area contributed by atoms with Gasteiger partial charge in [0.05, 0.1) is 4.92 Å². The normalized spacial score (nSPS) is 15.6. The highest BCUT2D eigenvalue weighted by atomic mass is 32.2. The van der Waals surface area contributed by atoms with Gasteiger partial charge in [0, 0.05) is 62.1 Å². The largest absolute Gasteiger partial charge is 0.370 e. The minimum Gasteiger partial charge on any atom is -0.370 e. The van der Waals surface area contributed by atoms with Gasteiger partial charge in [0.2, 0.25) is 5.13 Å². The molecule has 1 aromatic carbocycles. The summed E-state index contributed by atoms with van der Waals surface area (Å²) in [6.45, 7) is 4.98. The average Bonchev–Trinajstić information content (AvgIpc) is 2.97. The predicted octanol–water partition coefficient (Wildman–Crippen LogP) is 2.13. The first-order valence-electron chi connectivity index (χ1n) is 8.60. The van der Waals surface area contributed by atoms with E-state index in [1.807, 2.05) is 6.92 Å². The summed E-state index contributed by atoms with van der Waals surface area (Å²) >= 11 is 1.39. The number of rotatable bonds is 5. The quantitative estimate of drug-likeness (QED) is 0.544. The van der Waals surface area contributed by atoms with E-state index in [1.165, 1.54) is 23.7 Å². The van der Waals surface area contributed by atoms with Crippen molar-refractivity contribution in [1.82, 2.24) is 9.36 Å². The highest BCUT2D eigenvalue weighted by molar-refractivity contribution is 7.90. The van der Waals surface area contributed by atoms with Gasteiger partial charge in [-0.15, -0.1) is 0 Å². The molecule has 1 aromatic heterocycles. The Morgan fingerprint density at radius 2 is 1.93 bits per heavy atom. The molecule has 27 heavy (non-hydrogen) atoms. The van der Waals surface area contributed by atoms with Crippen LogP contribution < -0.4 is 9.80 Å². The van der Waals surface area contributed by atoms with Crippen molar-refractivity contribution >= 4 is 37.9 Å². The van der Waals surface area contributed by atoms with Crippen LogP contribution in [0.4, 0.5) is 16.5 Å². The van der Waals surface area contributed by atoms with Gasteiger partial charge < -0.3 is 9.80 Å². The summed E-state index contributed by atoms with van der Waals surface area (Å²) in [6, 6.07) is 4.29. The smallest absolute Gasteiger partial charge is 0.288 e. The molecule has 2 heterocycles. The summed E-state index contributed by atoms with van der Waals surface area (Å²) in [6.07, 6.45) is 2.66. The van der Waals surface area contributed by atoms with E-state index in [-0.39, 0.29) is 4.90 Å². The van der Waals surface area contributed by atoms with E-state index in [2.05, 4.69) is 19.2 Å². The maximum Gasteiger partial charge on any atom is 0.288 e. The number of nitro benzene ring substituents is 1. The van der Waals surface area contributed by atoms with Crippen LogP contribution in [0.3, 0.4) is 0 Å². The van der Waals surface area contributed by atoms with Crippen LogP contribution in [0.1, 0.15) is 19.2 Å². The molecule has 0 bridgehead atoms. The summed E-state index contributed by atoms with van der Waals surface area (Å²) in [7, 11) is -3.70. The van der Waals surface area contributed by atoms with Crippen LogP contribution >= 0.6 is 11.5 Å². The maximum atomic E-state index is 12.0. The van der Waals surface area contributed by atoms with Gasteiger partial charge in [-0.25, -0.2) is 13.4 Å². The Morgan fingerprint density at radius 3 is 2.56 bits per heavy atom. The zero-order valence-electron chi connectivity index (χ0n) is 15.2. The Bertz CT molecular complexity index is 944. The fraction of sp³-hybridized carbons (Fsp3) is 0.500. The Morgan fingerprint density at radius 1 is 1.22 bits per heavy atom. The first-order valence-corrected chi connectivity index (χ1v) is 11.3. The molecular formula is C16H21N5O4S2. The second kappa shape index (κ2) is 7.77. The Balaban J connectivity index is 1.82. The van der Waals surface area contributed by atoms with Crippen molar-refractivity contribution in [3.05, 3.63) is 34.1 Å². The number of nitrogens with zero attached hydrogens (tertiary/aromatic N) is 5. The summed E-state index contributed by atoms with van der Waals surface area (Å²) in [5.74, 6) is 0.837. The lowest BCUT2D eigenvalue weighted by atomic mass is 10.2. The molecule has 1 saturated heterocycles. The minimum atomic E-state index is -3.70. The Hall–Kier alpha value is -2.27. The van der Waals surface area contributed by atoms with Crippen LogP contribution in [0.2, 0.25) is 0 Å². The van der Waals surface area contributed by atoms with Crippen LogP contribution in [0.25, 0.3) is 0 Å². The van der Waals surface area contributed by atoms with Crippen LogP contribution in [-0.2, 0) is 16.3 Å².